The normalized spacial score (nSPS) is 52.3. The van der Waals surface area contributed by atoms with Crippen molar-refractivity contribution in [1.82, 2.24) is 0 Å². The Morgan fingerprint density at radius 3 is 2.16 bits per heavy atom. The predicted molar refractivity (Wildman–Crippen MR) is 83.0 cm³/mol. The van der Waals surface area contributed by atoms with E-state index in [-0.39, 0.29) is 0 Å². The summed E-state index contributed by atoms with van der Waals surface area (Å²) in [4.78, 5) is 0. The first-order valence-corrected chi connectivity index (χ1v) is 8.58. The first kappa shape index (κ1) is 14.0. The smallest absolute Gasteiger partial charge is 0.0138 e. The number of rotatable bonds is 0. The topological polar surface area (TPSA) is 0 Å². The first-order chi connectivity index (χ1) is 8.58. The van der Waals surface area contributed by atoms with Crippen LogP contribution in [0, 0.1) is 39.4 Å². The van der Waals surface area contributed by atoms with E-state index in [0.29, 0.717) is 21.7 Å². The van der Waals surface area contributed by atoms with Crippen LogP contribution in [0.5, 0.6) is 0 Å². The van der Waals surface area contributed by atoms with E-state index >= 15 is 0 Å². The van der Waals surface area contributed by atoms with Gasteiger partial charge in [0.15, 0.2) is 0 Å². The minimum atomic E-state index is 0.433. The van der Waals surface area contributed by atoms with Crippen molar-refractivity contribution in [3.8, 4) is 0 Å². The highest BCUT2D eigenvalue weighted by molar-refractivity contribution is 5.21. The third-order valence-electron chi connectivity index (χ3n) is 8.41. The lowest BCUT2D eigenvalue weighted by Crippen LogP contribution is -2.71. The second kappa shape index (κ2) is 3.60. The molecule has 0 heteroatoms. The fourth-order valence-corrected chi connectivity index (χ4v) is 7.93. The van der Waals surface area contributed by atoms with Gasteiger partial charge in [0, 0.05) is 0 Å². The Morgan fingerprint density at radius 1 is 0.947 bits per heavy atom. The summed E-state index contributed by atoms with van der Waals surface area (Å²) in [7, 11) is 0. The minimum Gasteiger partial charge on any atom is -0.0622 e. The van der Waals surface area contributed by atoms with E-state index in [2.05, 4.69) is 48.5 Å². The van der Waals surface area contributed by atoms with Gasteiger partial charge in [0.2, 0.25) is 0 Å². The molecule has 4 rings (SSSR count). The van der Waals surface area contributed by atoms with Crippen molar-refractivity contribution in [3.63, 3.8) is 0 Å². The largest absolute Gasteiger partial charge is 0.0622 e. The third-order valence-corrected chi connectivity index (χ3v) is 8.41. The minimum absolute atomic E-state index is 0.433. The lowest BCUT2D eigenvalue weighted by Gasteiger charge is -2.77. The molecule has 0 heterocycles. The van der Waals surface area contributed by atoms with Gasteiger partial charge >= 0.3 is 0 Å². The molecule has 0 spiro atoms. The summed E-state index contributed by atoms with van der Waals surface area (Å²) in [5, 5.41) is 0. The molecule has 0 aliphatic heterocycles. The van der Waals surface area contributed by atoms with Gasteiger partial charge in [0.1, 0.15) is 0 Å². The second-order valence-electron chi connectivity index (χ2n) is 9.89. The van der Waals surface area contributed by atoms with E-state index in [1.165, 1.54) is 32.1 Å². The summed E-state index contributed by atoms with van der Waals surface area (Å²) in [6.07, 6.45) is 7.43. The molecule has 5 atom stereocenters. The zero-order chi connectivity index (χ0) is 14.3. The van der Waals surface area contributed by atoms with E-state index in [4.69, 9.17) is 0 Å². The maximum Gasteiger partial charge on any atom is -0.0138 e. The van der Waals surface area contributed by atoms with Crippen molar-refractivity contribution in [2.45, 2.75) is 80.6 Å². The molecule has 0 radical (unpaired) electrons. The zero-order valence-electron chi connectivity index (χ0n) is 14.3. The van der Waals surface area contributed by atoms with E-state index in [1.54, 1.807) is 0 Å². The fraction of sp³-hybridized carbons (Fsp3) is 1.00. The van der Waals surface area contributed by atoms with E-state index in [9.17, 15) is 0 Å². The highest BCUT2D eigenvalue weighted by Gasteiger charge is 2.72. The summed E-state index contributed by atoms with van der Waals surface area (Å²) in [6, 6.07) is 0. The Bertz CT molecular complexity index is 385. The van der Waals surface area contributed by atoms with Crippen LogP contribution in [0.15, 0.2) is 0 Å². The van der Waals surface area contributed by atoms with Crippen LogP contribution in [-0.2, 0) is 0 Å². The highest BCUT2D eigenvalue weighted by atomic mass is 14.8. The van der Waals surface area contributed by atoms with Crippen molar-refractivity contribution in [2.24, 2.45) is 39.4 Å². The molecule has 0 saturated heterocycles. The maximum atomic E-state index is 2.68. The Balaban J connectivity index is 2.23. The van der Waals surface area contributed by atoms with Crippen LogP contribution in [-0.4, -0.2) is 0 Å². The Kier molecular flexibility index (Phi) is 2.65. The molecule has 0 aromatic rings. The average molecular weight is 262 g/mol. The van der Waals surface area contributed by atoms with Gasteiger partial charge in [-0.25, -0.2) is 0 Å². The van der Waals surface area contributed by atoms with Crippen LogP contribution < -0.4 is 0 Å². The van der Waals surface area contributed by atoms with E-state index < -0.39 is 0 Å². The molecule has 110 valence electrons. The van der Waals surface area contributed by atoms with Gasteiger partial charge in [-0.3, -0.25) is 0 Å². The van der Waals surface area contributed by atoms with Crippen LogP contribution >= 0.6 is 0 Å². The molecular weight excluding hydrogens is 228 g/mol. The molecule has 0 aromatic carbocycles. The van der Waals surface area contributed by atoms with Crippen LogP contribution in [0.2, 0.25) is 0 Å². The number of hydrogen-bond donors (Lipinski definition) is 0. The van der Waals surface area contributed by atoms with Crippen molar-refractivity contribution in [1.29, 1.82) is 0 Å². The zero-order valence-corrected chi connectivity index (χ0v) is 14.3. The Morgan fingerprint density at radius 2 is 1.58 bits per heavy atom. The fourth-order valence-electron chi connectivity index (χ4n) is 7.93. The van der Waals surface area contributed by atoms with Crippen molar-refractivity contribution < 1.29 is 0 Å². The summed E-state index contributed by atoms with van der Waals surface area (Å²) in [5.74, 6) is 2.92. The lowest BCUT2D eigenvalue weighted by atomic mass is 9.27. The van der Waals surface area contributed by atoms with Gasteiger partial charge in [-0.1, -0.05) is 48.5 Å². The van der Waals surface area contributed by atoms with Gasteiger partial charge in [-0.2, -0.15) is 0 Å². The van der Waals surface area contributed by atoms with Crippen molar-refractivity contribution in [2.75, 3.05) is 0 Å². The van der Waals surface area contributed by atoms with E-state index in [1.807, 2.05) is 0 Å². The Hall–Kier alpha value is 0. The molecule has 0 N–H and O–H groups in total. The van der Waals surface area contributed by atoms with Crippen LogP contribution in [0.4, 0.5) is 0 Å². The summed E-state index contributed by atoms with van der Waals surface area (Å²) in [6.45, 7) is 18.1. The molecule has 4 aliphatic rings. The van der Waals surface area contributed by atoms with Crippen molar-refractivity contribution >= 4 is 0 Å². The summed E-state index contributed by atoms with van der Waals surface area (Å²) < 4.78 is 0. The molecule has 4 fully saturated rings. The van der Waals surface area contributed by atoms with Gasteiger partial charge in [-0.05, 0) is 71.5 Å². The average Bonchev–Trinajstić information content (AvgIpc) is 2.24. The highest BCUT2D eigenvalue weighted by Crippen LogP contribution is 2.80. The first-order valence-electron chi connectivity index (χ1n) is 8.58. The van der Waals surface area contributed by atoms with Gasteiger partial charge in [0.05, 0.1) is 0 Å². The monoisotopic (exact) mass is 262 g/mol. The van der Waals surface area contributed by atoms with Gasteiger partial charge in [0.25, 0.3) is 0 Å². The molecule has 19 heavy (non-hydrogen) atoms. The molecule has 0 nitrogen and oxygen atoms in total. The number of hydrogen-bond acceptors (Lipinski definition) is 0. The lowest BCUT2D eigenvalue weighted by molar-refractivity contribution is -0.292. The standard InChI is InChI=1S/C19H34/c1-13-8-11-19(16(2,3)4)17(5,6)14-9-10-18(19,7)15(13)12-14/h13-15H,8-12H2,1-7H3/t13-,14?,15?,18-,19?/m0/s1. The third kappa shape index (κ3) is 1.32. The molecule has 4 aliphatic carbocycles. The second-order valence-corrected chi connectivity index (χ2v) is 9.89. The van der Waals surface area contributed by atoms with Crippen molar-refractivity contribution in [3.05, 3.63) is 0 Å². The molecule has 4 bridgehead atoms. The molecule has 3 unspecified atom stereocenters. The molecule has 0 aromatic heterocycles. The van der Waals surface area contributed by atoms with E-state index in [0.717, 1.165) is 17.8 Å². The van der Waals surface area contributed by atoms with Crippen LogP contribution in [0.3, 0.4) is 0 Å². The maximum absolute atomic E-state index is 2.68. The quantitative estimate of drug-likeness (QED) is 0.509. The molecular formula is C19H34. The van der Waals surface area contributed by atoms with Gasteiger partial charge in [-0.15, -0.1) is 0 Å². The number of fused-ring (bicyclic) bond motifs is 1. The van der Waals surface area contributed by atoms with Crippen LogP contribution in [0.25, 0.3) is 0 Å². The summed E-state index contributed by atoms with van der Waals surface area (Å²) in [5.41, 5.74) is 2.09. The Labute approximate surface area is 120 Å². The SMILES string of the molecule is C[C@H]1CCC2(C(C)(C)C)C(C)(C)C3CC[C@@]2(C)C1C3. The predicted octanol–water partition coefficient (Wildman–Crippen LogP) is 5.91. The molecule has 0 amide bonds. The van der Waals surface area contributed by atoms with Gasteiger partial charge < -0.3 is 0 Å². The van der Waals surface area contributed by atoms with Crippen LogP contribution in [0.1, 0.15) is 80.6 Å². The summed E-state index contributed by atoms with van der Waals surface area (Å²) >= 11 is 0. The molecule has 4 saturated carbocycles.